The third-order valence-electron chi connectivity index (χ3n) is 10.3. The van der Waals surface area contributed by atoms with E-state index in [0.717, 1.165) is 42.0 Å². The van der Waals surface area contributed by atoms with Crippen LogP contribution in [0.4, 0.5) is 0 Å². The SMILES string of the molecule is COc1ccc(C(C)C)cc1CNC1CN2CCC1C(C(=O)N1CC(O)CC1C(N)=O)C2C(c1ccccc1)c1ccccc1. The lowest BCUT2D eigenvalue weighted by molar-refractivity contribution is -0.152. The highest BCUT2D eigenvalue weighted by Gasteiger charge is 2.55. The van der Waals surface area contributed by atoms with E-state index in [1.807, 2.05) is 18.2 Å². The van der Waals surface area contributed by atoms with Crippen molar-refractivity contribution < 1.29 is 19.4 Å². The molecule has 4 aliphatic heterocycles. The molecular weight excluding hydrogens is 564 g/mol. The number of nitrogens with two attached hydrogens (primary N) is 1. The number of methoxy groups -OCH3 is 1. The Morgan fingerprint density at radius 1 is 0.978 bits per heavy atom. The average molecular weight is 611 g/mol. The Bertz CT molecular complexity index is 1440. The molecule has 4 fully saturated rings. The van der Waals surface area contributed by atoms with Crippen LogP contribution in [0.25, 0.3) is 0 Å². The van der Waals surface area contributed by atoms with E-state index in [4.69, 9.17) is 10.5 Å². The first kappa shape index (κ1) is 31.3. The molecule has 8 heteroatoms. The van der Waals surface area contributed by atoms with Gasteiger partial charge < -0.3 is 25.8 Å². The number of benzene rings is 3. The van der Waals surface area contributed by atoms with E-state index in [1.165, 1.54) is 5.56 Å². The Kier molecular flexibility index (Phi) is 9.26. The Balaban J connectivity index is 1.38. The molecule has 0 aromatic heterocycles. The Labute approximate surface area is 266 Å². The van der Waals surface area contributed by atoms with E-state index < -0.39 is 24.0 Å². The first-order valence-corrected chi connectivity index (χ1v) is 16.3. The van der Waals surface area contributed by atoms with Crippen molar-refractivity contribution in [1.29, 1.82) is 0 Å². The summed E-state index contributed by atoms with van der Waals surface area (Å²) in [5, 5.41) is 14.4. The number of ether oxygens (including phenoxy) is 1. The van der Waals surface area contributed by atoms with E-state index in [-0.39, 0.29) is 42.8 Å². The van der Waals surface area contributed by atoms with E-state index >= 15 is 0 Å². The maximum atomic E-state index is 14.8. The highest BCUT2D eigenvalue weighted by Crippen LogP contribution is 2.47. The monoisotopic (exact) mass is 610 g/mol. The van der Waals surface area contributed by atoms with Crippen LogP contribution in [0.3, 0.4) is 0 Å². The summed E-state index contributed by atoms with van der Waals surface area (Å²) in [5.74, 6) is 0.190. The van der Waals surface area contributed by atoms with Gasteiger partial charge in [0.05, 0.1) is 19.1 Å². The van der Waals surface area contributed by atoms with Crippen LogP contribution in [0.1, 0.15) is 60.8 Å². The number of rotatable bonds is 10. The van der Waals surface area contributed by atoms with E-state index in [0.29, 0.717) is 12.5 Å². The average Bonchev–Trinajstić information content (AvgIpc) is 3.46. The molecule has 0 spiro atoms. The van der Waals surface area contributed by atoms with E-state index in [9.17, 15) is 14.7 Å². The van der Waals surface area contributed by atoms with Gasteiger partial charge in [-0.3, -0.25) is 14.5 Å². The number of β-amino-alcohol motifs (C(OH)–C–C–N with tert-alkyl or cyclic N) is 1. The van der Waals surface area contributed by atoms with Gasteiger partial charge in [-0.2, -0.15) is 0 Å². The fourth-order valence-electron chi connectivity index (χ4n) is 8.10. The second-order valence-corrected chi connectivity index (χ2v) is 13.3. The number of nitrogens with one attached hydrogen (secondary N) is 1. The molecule has 3 aromatic carbocycles. The molecule has 4 N–H and O–H groups in total. The first-order valence-electron chi connectivity index (χ1n) is 16.3. The number of primary amides is 1. The minimum absolute atomic E-state index is 0.0352. The van der Waals surface area contributed by atoms with Gasteiger partial charge in [0.1, 0.15) is 11.8 Å². The van der Waals surface area contributed by atoms with Gasteiger partial charge in [0.2, 0.25) is 11.8 Å². The molecule has 4 saturated heterocycles. The first-order chi connectivity index (χ1) is 21.8. The number of carbonyl (C=O) groups is 2. The second kappa shape index (κ2) is 13.3. The number of aliphatic hydroxyl groups is 1. The summed E-state index contributed by atoms with van der Waals surface area (Å²) >= 11 is 0. The largest absolute Gasteiger partial charge is 0.496 e. The molecule has 2 amide bonds. The summed E-state index contributed by atoms with van der Waals surface area (Å²) in [5.41, 5.74) is 10.5. The summed E-state index contributed by atoms with van der Waals surface area (Å²) in [6, 6.07) is 26.4. The lowest BCUT2D eigenvalue weighted by atomic mass is 9.64. The van der Waals surface area contributed by atoms with Crippen LogP contribution in [0.2, 0.25) is 0 Å². The second-order valence-electron chi connectivity index (χ2n) is 13.3. The summed E-state index contributed by atoms with van der Waals surface area (Å²) in [4.78, 5) is 31.4. The predicted molar refractivity (Wildman–Crippen MR) is 175 cm³/mol. The summed E-state index contributed by atoms with van der Waals surface area (Å²) in [7, 11) is 1.70. The molecule has 4 aliphatic rings. The fraction of sp³-hybridized carbons (Fsp3) is 0.459. The van der Waals surface area contributed by atoms with E-state index in [2.05, 4.69) is 84.7 Å². The van der Waals surface area contributed by atoms with Gasteiger partial charge in [0.15, 0.2) is 0 Å². The molecule has 3 aromatic rings. The van der Waals surface area contributed by atoms with Gasteiger partial charge in [0, 0.05) is 49.6 Å². The molecule has 4 heterocycles. The minimum atomic E-state index is -0.801. The minimum Gasteiger partial charge on any atom is -0.496 e. The van der Waals surface area contributed by atoms with Gasteiger partial charge in [-0.15, -0.1) is 0 Å². The van der Waals surface area contributed by atoms with Crippen LogP contribution < -0.4 is 15.8 Å². The zero-order valence-corrected chi connectivity index (χ0v) is 26.5. The number of likely N-dealkylation sites (tertiary alicyclic amines) is 1. The van der Waals surface area contributed by atoms with Crippen molar-refractivity contribution >= 4 is 11.8 Å². The number of hydrogen-bond donors (Lipinski definition) is 3. The molecule has 0 saturated carbocycles. The normalized spacial score (nSPS) is 27.7. The molecule has 7 unspecified atom stereocenters. The quantitative estimate of drug-likeness (QED) is 0.322. The van der Waals surface area contributed by atoms with Gasteiger partial charge in [0.25, 0.3) is 0 Å². The highest BCUT2D eigenvalue weighted by molar-refractivity contribution is 5.89. The van der Waals surface area contributed by atoms with Gasteiger partial charge in [-0.1, -0.05) is 86.6 Å². The highest BCUT2D eigenvalue weighted by atomic mass is 16.5. The van der Waals surface area contributed by atoms with Crippen molar-refractivity contribution in [2.45, 2.75) is 69.3 Å². The number of carbonyl (C=O) groups excluding carboxylic acids is 2. The Morgan fingerprint density at radius 3 is 2.24 bits per heavy atom. The lowest BCUT2D eigenvalue weighted by Gasteiger charge is -2.57. The topological polar surface area (TPSA) is 108 Å². The van der Waals surface area contributed by atoms with Crippen LogP contribution in [0.5, 0.6) is 5.75 Å². The summed E-state index contributed by atoms with van der Waals surface area (Å²) in [6.07, 6.45) is 0.280. The molecule has 7 rings (SSSR count). The van der Waals surface area contributed by atoms with Crippen molar-refractivity contribution in [2.75, 3.05) is 26.7 Å². The number of amides is 2. The van der Waals surface area contributed by atoms with Gasteiger partial charge >= 0.3 is 0 Å². The molecule has 8 nitrogen and oxygen atoms in total. The Hall–Kier alpha value is -3.72. The summed E-state index contributed by atoms with van der Waals surface area (Å²) in [6.45, 7) is 6.82. The lowest BCUT2D eigenvalue weighted by Crippen LogP contribution is -2.69. The van der Waals surface area contributed by atoms with Crippen molar-refractivity contribution in [3.8, 4) is 5.75 Å². The third-order valence-corrected chi connectivity index (χ3v) is 10.3. The molecular formula is C37H46N4O4. The number of nitrogens with zero attached hydrogens (tertiary/aromatic N) is 2. The Morgan fingerprint density at radius 2 is 1.64 bits per heavy atom. The van der Waals surface area contributed by atoms with Crippen LogP contribution in [-0.2, 0) is 16.1 Å². The number of hydrogen-bond acceptors (Lipinski definition) is 6. The maximum absolute atomic E-state index is 14.8. The molecule has 0 radical (unpaired) electrons. The molecule has 7 atom stereocenters. The van der Waals surface area contributed by atoms with Crippen LogP contribution in [0.15, 0.2) is 78.9 Å². The number of fused-ring (bicyclic) bond motifs is 3. The summed E-state index contributed by atoms with van der Waals surface area (Å²) < 4.78 is 5.72. The fourth-order valence-corrected chi connectivity index (χ4v) is 8.10. The molecule has 2 bridgehead atoms. The standard InChI is InChI=1S/C37H46N4O4/c1-23(2)26-14-15-32(45-3)27(18-26)20-39-30-22-40-17-16-29(30)34(37(44)41-21-28(42)19-31(41)36(38)43)35(40)33(24-10-6-4-7-11-24)25-12-8-5-9-13-25/h4-15,18,23,28-31,33-35,39,42H,16-17,19-22H2,1-3H3,(H2,38,43). The van der Waals surface area contributed by atoms with Crippen molar-refractivity contribution in [3.05, 3.63) is 101 Å². The predicted octanol–water partition coefficient (Wildman–Crippen LogP) is 3.88. The number of piperidine rings is 3. The zero-order chi connectivity index (χ0) is 31.7. The number of aliphatic hydroxyl groups excluding tert-OH is 1. The van der Waals surface area contributed by atoms with E-state index in [1.54, 1.807) is 12.0 Å². The van der Waals surface area contributed by atoms with Gasteiger partial charge in [-0.25, -0.2) is 0 Å². The smallest absolute Gasteiger partial charge is 0.240 e. The zero-order valence-electron chi connectivity index (χ0n) is 26.5. The van der Waals surface area contributed by atoms with Crippen molar-refractivity contribution in [2.24, 2.45) is 17.6 Å². The van der Waals surface area contributed by atoms with Crippen molar-refractivity contribution in [3.63, 3.8) is 0 Å². The van der Waals surface area contributed by atoms with Crippen molar-refractivity contribution in [1.82, 2.24) is 15.1 Å². The molecule has 238 valence electrons. The maximum Gasteiger partial charge on any atom is 0.240 e. The third kappa shape index (κ3) is 6.24. The van der Waals surface area contributed by atoms with Crippen LogP contribution in [-0.4, -0.2) is 77.7 Å². The van der Waals surface area contributed by atoms with Crippen LogP contribution >= 0.6 is 0 Å². The molecule has 45 heavy (non-hydrogen) atoms. The van der Waals surface area contributed by atoms with Crippen LogP contribution in [0, 0.1) is 11.8 Å². The molecule has 0 aliphatic carbocycles. The van der Waals surface area contributed by atoms with Gasteiger partial charge in [-0.05, 0) is 47.6 Å².